The highest BCUT2D eigenvalue weighted by Gasteiger charge is 2.16. The number of nitrogens with one attached hydrogen (secondary N) is 1. The van der Waals surface area contributed by atoms with E-state index in [1.807, 2.05) is 42.5 Å². The van der Waals surface area contributed by atoms with Crippen LogP contribution >= 0.6 is 0 Å². The number of aliphatic carboxylic acids is 1. The average Bonchev–Trinajstić information content (AvgIpc) is 3.16. The molecule has 1 aromatic heterocycles. The van der Waals surface area contributed by atoms with Gasteiger partial charge in [-0.3, -0.25) is 9.59 Å². The SMILES string of the molecule is COCOC[C@H](CCC(=O)O)NC(=O)c1ccc(-c2cc3ccccc3o2)cc1. The lowest BCUT2D eigenvalue weighted by atomic mass is 10.1. The van der Waals surface area contributed by atoms with Crippen LogP contribution in [-0.4, -0.2) is 43.5 Å². The van der Waals surface area contributed by atoms with Crippen molar-refractivity contribution in [3.63, 3.8) is 0 Å². The monoisotopic (exact) mass is 397 g/mol. The van der Waals surface area contributed by atoms with E-state index in [-0.39, 0.29) is 32.1 Å². The zero-order valence-corrected chi connectivity index (χ0v) is 16.1. The van der Waals surface area contributed by atoms with Crippen molar-refractivity contribution in [2.45, 2.75) is 18.9 Å². The van der Waals surface area contributed by atoms with E-state index in [1.54, 1.807) is 12.1 Å². The van der Waals surface area contributed by atoms with Gasteiger partial charge in [0.25, 0.3) is 5.91 Å². The first-order chi connectivity index (χ1) is 14.1. The summed E-state index contributed by atoms with van der Waals surface area (Å²) in [6.45, 7) is 0.246. The van der Waals surface area contributed by atoms with E-state index in [0.29, 0.717) is 5.56 Å². The fourth-order valence-corrected chi connectivity index (χ4v) is 2.95. The quantitative estimate of drug-likeness (QED) is 0.400. The molecule has 0 unspecified atom stereocenters. The Morgan fingerprint density at radius 2 is 1.90 bits per heavy atom. The minimum absolute atomic E-state index is 0.0632. The van der Waals surface area contributed by atoms with Crippen molar-refractivity contribution in [3.05, 3.63) is 60.2 Å². The summed E-state index contributed by atoms with van der Waals surface area (Å²) in [5, 5.41) is 12.7. The van der Waals surface area contributed by atoms with Crippen molar-refractivity contribution in [1.82, 2.24) is 5.32 Å². The molecule has 1 amide bonds. The normalized spacial score (nSPS) is 12.0. The zero-order valence-electron chi connectivity index (χ0n) is 16.1. The Balaban J connectivity index is 1.66. The molecule has 0 aliphatic heterocycles. The number of para-hydroxylation sites is 1. The van der Waals surface area contributed by atoms with E-state index in [4.69, 9.17) is 19.0 Å². The lowest BCUT2D eigenvalue weighted by Crippen LogP contribution is -2.38. The summed E-state index contributed by atoms with van der Waals surface area (Å²) >= 11 is 0. The Bertz CT molecular complexity index is 930. The van der Waals surface area contributed by atoms with Crippen LogP contribution < -0.4 is 5.32 Å². The molecule has 2 N–H and O–H groups in total. The van der Waals surface area contributed by atoms with Crippen molar-refractivity contribution in [2.24, 2.45) is 0 Å². The summed E-state index contributed by atoms with van der Waals surface area (Å²) in [7, 11) is 1.49. The molecular weight excluding hydrogens is 374 g/mol. The molecule has 29 heavy (non-hydrogen) atoms. The van der Waals surface area contributed by atoms with Crippen LogP contribution in [0, 0.1) is 0 Å². The molecule has 0 fully saturated rings. The van der Waals surface area contributed by atoms with Crippen LogP contribution in [0.4, 0.5) is 0 Å². The lowest BCUT2D eigenvalue weighted by Gasteiger charge is -2.18. The van der Waals surface area contributed by atoms with Crippen LogP contribution in [0.5, 0.6) is 0 Å². The number of carbonyl (C=O) groups is 2. The Morgan fingerprint density at radius 3 is 2.59 bits per heavy atom. The highest BCUT2D eigenvalue weighted by Crippen LogP contribution is 2.27. The average molecular weight is 397 g/mol. The molecule has 7 heteroatoms. The topological polar surface area (TPSA) is 98.0 Å². The maximum absolute atomic E-state index is 12.6. The van der Waals surface area contributed by atoms with E-state index in [9.17, 15) is 9.59 Å². The third kappa shape index (κ3) is 5.66. The van der Waals surface area contributed by atoms with Crippen LogP contribution in [0.1, 0.15) is 23.2 Å². The highest BCUT2D eigenvalue weighted by atomic mass is 16.7. The van der Waals surface area contributed by atoms with Gasteiger partial charge in [-0.25, -0.2) is 0 Å². The Morgan fingerprint density at radius 1 is 1.14 bits per heavy atom. The van der Waals surface area contributed by atoms with Gasteiger partial charge < -0.3 is 24.3 Å². The molecule has 1 atom stereocenters. The lowest BCUT2D eigenvalue weighted by molar-refractivity contribution is -0.137. The molecule has 0 spiro atoms. The minimum Gasteiger partial charge on any atom is -0.481 e. The van der Waals surface area contributed by atoms with Crippen molar-refractivity contribution >= 4 is 22.8 Å². The second-order valence-corrected chi connectivity index (χ2v) is 6.61. The number of hydrogen-bond donors (Lipinski definition) is 2. The van der Waals surface area contributed by atoms with E-state index < -0.39 is 12.0 Å². The van der Waals surface area contributed by atoms with E-state index in [1.165, 1.54) is 7.11 Å². The second kappa shape index (κ2) is 9.86. The number of rotatable bonds is 10. The van der Waals surface area contributed by atoms with Crippen LogP contribution in [-0.2, 0) is 14.3 Å². The number of furan rings is 1. The van der Waals surface area contributed by atoms with Crippen molar-refractivity contribution in [3.8, 4) is 11.3 Å². The van der Waals surface area contributed by atoms with Gasteiger partial charge in [0.1, 0.15) is 18.1 Å². The maximum Gasteiger partial charge on any atom is 0.303 e. The van der Waals surface area contributed by atoms with E-state index in [0.717, 1.165) is 22.3 Å². The summed E-state index contributed by atoms with van der Waals surface area (Å²) in [5.74, 6) is -0.491. The van der Waals surface area contributed by atoms with Gasteiger partial charge in [0, 0.05) is 30.0 Å². The van der Waals surface area contributed by atoms with Gasteiger partial charge in [-0.2, -0.15) is 0 Å². The number of hydrogen-bond acceptors (Lipinski definition) is 5. The predicted molar refractivity (Wildman–Crippen MR) is 108 cm³/mol. The second-order valence-electron chi connectivity index (χ2n) is 6.61. The third-order valence-electron chi connectivity index (χ3n) is 4.42. The van der Waals surface area contributed by atoms with Gasteiger partial charge in [-0.15, -0.1) is 0 Å². The largest absolute Gasteiger partial charge is 0.481 e. The molecule has 3 aromatic rings. The predicted octanol–water partition coefficient (Wildman–Crippen LogP) is 3.68. The Labute approximate surface area is 168 Å². The van der Waals surface area contributed by atoms with Gasteiger partial charge >= 0.3 is 5.97 Å². The summed E-state index contributed by atoms with van der Waals surface area (Å²) in [6.07, 6.45) is 0.203. The van der Waals surface area contributed by atoms with E-state index >= 15 is 0 Å². The minimum atomic E-state index is -0.925. The molecule has 0 aliphatic rings. The van der Waals surface area contributed by atoms with Crippen molar-refractivity contribution in [2.75, 3.05) is 20.5 Å². The number of amides is 1. The Hall–Kier alpha value is -3.16. The van der Waals surface area contributed by atoms with Gasteiger partial charge in [-0.05, 0) is 30.7 Å². The molecule has 0 saturated carbocycles. The van der Waals surface area contributed by atoms with Crippen molar-refractivity contribution in [1.29, 1.82) is 0 Å². The van der Waals surface area contributed by atoms with Gasteiger partial charge in [-0.1, -0.05) is 30.3 Å². The van der Waals surface area contributed by atoms with Gasteiger partial charge in [0.2, 0.25) is 0 Å². The first kappa shape index (κ1) is 20.6. The standard InChI is InChI=1S/C22H23NO6/c1-27-14-28-13-18(10-11-21(24)25)23-22(26)16-8-6-15(7-9-16)20-12-17-4-2-3-5-19(17)29-20/h2-9,12,18H,10-11,13-14H2,1H3,(H,23,26)(H,24,25)/t18-/m0/s1. The molecule has 1 heterocycles. The first-order valence-corrected chi connectivity index (χ1v) is 9.25. The van der Waals surface area contributed by atoms with Crippen LogP contribution in [0.2, 0.25) is 0 Å². The molecular formula is C22H23NO6. The summed E-state index contributed by atoms with van der Waals surface area (Å²) in [6, 6.07) is 16.3. The first-order valence-electron chi connectivity index (χ1n) is 9.25. The number of benzene rings is 2. The number of methoxy groups -OCH3 is 1. The number of ether oxygens (including phenoxy) is 2. The van der Waals surface area contributed by atoms with Crippen LogP contribution in [0.25, 0.3) is 22.3 Å². The number of carboxylic acid groups (broad SMARTS) is 1. The highest BCUT2D eigenvalue weighted by molar-refractivity contribution is 5.95. The maximum atomic E-state index is 12.6. The molecule has 2 aromatic carbocycles. The summed E-state index contributed by atoms with van der Waals surface area (Å²) in [5.41, 5.74) is 2.14. The fourth-order valence-electron chi connectivity index (χ4n) is 2.95. The van der Waals surface area contributed by atoms with Gasteiger partial charge in [0.15, 0.2) is 0 Å². The molecule has 0 radical (unpaired) electrons. The molecule has 152 valence electrons. The van der Waals surface area contributed by atoms with Gasteiger partial charge in [0.05, 0.1) is 12.6 Å². The summed E-state index contributed by atoms with van der Waals surface area (Å²) in [4.78, 5) is 23.4. The Kier molecular flexibility index (Phi) is 6.99. The molecule has 0 bridgehead atoms. The molecule has 7 nitrogen and oxygen atoms in total. The number of carbonyl (C=O) groups excluding carboxylic acids is 1. The smallest absolute Gasteiger partial charge is 0.303 e. The number of fused-ring (bicyclic) bond motifs is 1. The number of carboxylic acids is 1. The van der Waals surface area contributed by atoms with Crippen LogP contribution in [0.3, 0.4) is 0 Å². The fraction of sp³-hybridized carbons (Fsp3) is 0.273. The summed E-state index contributed by atoms with van der Waals surface area (Å²) < 4.78 is 15.9. The molecule has 3 rings (SSSR count). The molecule has 0 aliphatic carbocycles. The van der Waals surface area contributed by atoms with E-state index in [2.05, 4.69) is 5.32 Å². The third-order valence-corrected chi connectivity index (χ3v) is 4.42. The molecule has 0 saturated heterocycles. The zero-order chi connectivity index (χ0) is 20.6. The van der Waals surface area contributed by atoms with Crippen molar-refractivity contribution < 1.29 is 28.6 Å². The van der Waals surface area contributed by atoms with Crippen LogP contribution in [0.15, 0.2) is 59.0 Å².